The topological polar surface area (TPSA) is 96.2 Å². The lowest BCUT2D eigenvalue weighted by molar-refractivity contribution is -0.117. The number of amides is 1. The number of aryl methyl sites for hydroxylation is 1. The number of nitrogens with one attached hydrogen (secondary N) is 2. The Balaban J connectivity index is 1.51. The summed E-state index contributed by atoms with van der Waals surface area (Å²) < 4.78 is 4.94. The summed E-state index contributed by atoms with van der Waals surface area (Å²) in [6, 6.07) is 5.53. The second-order valence-electron chi connectivity index (χ2n) is 6.01. The van der Waals surface area contributed by atoms with Crippen LogP contribution in [0.2, 0.25) is 0 Å². The van der Waals surface area contributed by atoms with Crippen LogP contribution in [-0.4, -0.2) is 46.4 Å². The van der Waals surface area contributed by atoms with Crippen LogP contribution in [0.3, 0.4) is 0 Å². The van der Waals surface area contributed by atoms with Gasteiger partial charge in [-0.3, -0.25) is 4.79 Å². The predicted octanol–water partition coefficient (Wildman–Crippen LogP) is 1.36. The van der Waals surface area contributed by atoms with E-state index in [-0.39, 0.29) is 11.9 Å². The van der Waals surface area contributed by atoms with Crippen LogP contribution in [0.25, 0.3) is 0 Å². The van der Waals surface area contributed by atoms with Crippen LogP contribution in [0.15, 0.2) is 28.9 Å². The molecule has 8 heteroatoms. The van der Waals surface area contributed by atoms with E-state index in [1.165, 1.54) is 0 Å². The van der Waals surface area contributed by atoms with Crippen molar-refractivity contribution in [3.05, 3.63) is 30.2 Å². The van der Waals surface area contributed by atoms with Crippen LogP contribution in [0, 0.1) is 6.92 Å². The Hall–Kier alpha value is -2.48. The van der Waals surface area contributed by atoms with Crippen LogP contribution in [0.5, 0.6) is 0 Å². The molecule has 0 spiro atoms. The van der Waals surface area contributed by atoms with E-state index >= 15 is 0 Å². The van der Waals surface area contributed by atoms with Gasteiger partial charge in [0.15, 0.2) is 11.6 Å². The lowest BCUT2D eigenvalue weighted by Gasteiger charge is -2.26. The van der Waals surface area contributed by atoms with Crippen LogP contribution in [0.4, 0.5) is 11.6 Å². The predicted molar refractivity (Wildman–Crippen MR) is 89.7 cm³/mol. The number of carbonyl (C=O) groups excluding carboxylic acids is 1. The van der Waals surface area contributed by atoms with E-state index in [9.17, 15) is 4.79 Å². The molecule has 1 aliphatic heterocycles. The lowest BCUT2D eigenvalue weighted by atomic mass is 10.2. The van der Waals surface area contributed by atoms with Crippen molar-refractivity contribution in [2.24, 2.45) is 0 Å². The van der Waals surface area contributed by atoms with Crippen molar-refractivity contribution in [1.29, 1.82) is 0 Å². The maximum Gasteiger partial charge on any atom is 0.242 e. The van der Waals surface area contributed by atoms with Gasteiger partial charge in [0.05, 0.1) is 6.04 Å². The monoisotopic (exact) mass is 330 g/mol. The minimum Gasteiger partial charge on any atom is -0.360 e. The van der Waals surface area contributed by atoms with E-state index in [4.69, 9.17) is 4.52 Å². The van der Waals surface area contributed by atoms with Crippen molar-refractivity contribution in [2.45, 2.75) is 38.8 Å². The van der Waals surface area contributed by atoms with Gasteiger partial charge in [0.2, 0.25) is 5.91 Å². The van der Waals surface area contributed by atoms with Crippen molar-refractivity contribution >= 4 is 17.5 Å². The molecule has 2 aromatic rings. The van der Waals surface area contributed by atoms with E-state index in [2.05, 4.69) is 30.9 Å². The molecule has 24 heavy (non-hydrogen) atoms. The number of hydrogen-bond donors (Lipinski definition) is 2. The number of carbonyl (C=O) groups is 1. The van der Waals surface area contributed by atoms with Gasteiger partial charge in [-0.2, -0.15) is 5.10 Å². The fourth-order valence-electron chi connectivity index (χ4n) is 2.86. The molecule has 0 bridgehead atoms. The van der Waals surface area contributed by atoms with Gasteiger partial charge in [-0.1, -0.05) is 5.16 Å². The van der Waals surface area contributed by atoms with Crippen LogP contribution < -0.4 is 15.5 Å². The zero-order chi connectivity index (χ0) is 16.9. The molecular weight excluding hydrogens is 308 g/mol. The quantitative estimate of drug-likeness (QED) is 0.825. The van der Waals surface area contributed by atoms with Crippen molar-refractivity contribution in [3.63, 3.8) is 0 Å². The van der Waals surface area contributed by atoms with E-state index in [0.717, 1.165) is 25.2 Å². The molecule has 1 fully saturated rings. The Morgan fingerprint density at radius 3 is 3.12 bits per heavy atom. The smallest absolute Gasteiger partial charge is 0.242 e. The molecule has 2 aromatic heterocycles. The van der Waals surface area contributed by atoms with Gasteiger partial charge >= 0.3 is 0 Å². The zero-order valence-electron chi connectivity index (χ0n) is 13.9. The number of aromatic nitrogens is 3. The summed E-state index contributed by atoms with van der Waals surface area (Å²) in [6.45, 7) is 5.29. The van der Waals surface area contributed by atoms with Gasteiger partial charge in [-0.15, -0.1) is 5.10 Å². The van der Waals surface area contributed by atoms with E-state index in [1.807, 2.05) is 19.1 Å². The third kappa shape index (κ3) is 3.88. The molecule has 2 N–H and O–H groups in total. The first-order chi connectivity index (χ1) is 11.6. The minimum atomic E-state index is -0.327. The second kappa shape index (κ2) is 7.39. The minimum absolute atomic E-state index is 0.132. The second-order valence-corrected chi connectivity index (χ2v) is 6.01. The molecule has 0 unspecified atom stereocenters. The first-order valence-corrected chi connectivity index (χ1v) is 8.15. The molecule has 0 aliphatic carbocycles. The summed E-state index contributed by atoms with van der Waals surface area (Å²) in [7, 11) is 0. The van der Waals surface area contributed by atoms with Crippen molar-refractivity contribution < 1.29 is 9.32 Å². The molecule has 0 aromatic carbocycles. The van der Waals surface area contributed by atoms with Crippen molar-refractivity contribution in [2.75, 3.05) is 23.3 Å². The highest BCUT2D eigenvalue weighted by atomic mass is 16.5. The summed E-state index contributed by atoms with van der Waals surface area (Å²) in [6.07, 6.45) is 3.85. The molecule has 1 aliphatic rings. The lowest BCUT2D eigenvalue weighted by Crippen LogP contribution is -2.45. The third-order valence-electron chi connectivity index (χ3n) is 4.16. The average Bonchev–Trinajstić information content (AvgIpc) is 3.22. The zero-order valence-corrected chi connectivity index (χ0v) is 13.9. The highest BCUT2D eigenvalue weighted by molar-refractivity contribution is 5.93. The number of hydrogen-bond acceptors (Lipinski definition) is 7. The normalized spacial score (nSPS) is 18.6. The fourth-order valence-corrected chi connectivity index (χ4v) is 2.86. The summed E-state index contributed by atoms with van der Waals surface area (Å²) in [4.78, 5) is 14.4. The number of nitrogens with zero attached hydrogens (tertiary/aromatic N) is 4. The molecule has 1 amide bonds. The Bertz CT molecular complexity index is 674. The molecule has 3 heterocycles. The standard InChI is InChI=1S/C16H22N6O2/c1-11-9-14(21-24-11)19-16(23)12(2)17-10-13-5-4-8-22(13)15-6-3-7-18-20-15/h3,6-7,9,12-13,17H,4-5,8,10H2,1-2H3,(H,19,21,23)/t12-,13-/m0/s1. The summed E-state index contributed by atoms with van der Waals surface area (Å²) in [5.74, 6) is 1.86. The molecular formula is C16H22N6O2. The van der Waals surface area contributed by atoms with Crippen molar-refractivity contribution in [1.82, 2.24) is 20.7 Å². The number of rotatable bonds is 6. The van der Waals surface area contributed by atoms with E-state index in [0.29, 0.717) is 24.2 Å². The average molecular weight is 330 g/mol. The molecule has 128 valence electrons. The first-order valence-electron chi connectivity index (χ1n) is 8.15. The summed E-state index contributed by atoms with van der Waals surface area (Å²) >= 11 is 0. The van der Waals surface area contributed by atoms with Crippen LogP contribution in [-0.2, 0) is 4.79 Å². The van der Waals surface area contributed by atoms with Crippen LogP contribution in [0.1, 0.15) is 25.5 Å². The maximum absolute atomic E-state index is 12.2. The van der Waals surface area contributed by atoms with Crippen LogP contribution >= 0.6 is 0 Å². The van der Waals surface area contributed by atoms with Gasteiger partial charge < -0.3 is 20.1 Å². The van der Waals surface area contributed by atoms with Gasteiger partial charge in [-0.25, -0.2) is 0 Å². The van der Waals surface area contributed by atoms with Gasteiger partial charge in [0, 0.05) is 31.4 Å². The molecule has 0 radical (unpaired) electrons. The molecule has 8 nitrogen and oxygen atoms in total. The Morgan fingerprint density at radius 1 is 1.54 bits per heavy atom. The summed E-state index contributed by atoms with van der Waals surface area (Å²) in [5.41, 5.74) is 0. The summed E-state index contributed by atoms with van der Waals surface area (Å²) in [5, 5.41) is 17.9. The van der Waals surface area contributed by atoms with Crippen molar-refractivity contribution in [3.8, 4) is 0 Å². The van der Waals surface area contributed by atoms with Gasteiger partial charge in [0.25, 0.3) is 0 Å². The van der Waals surface area contributed by atoms with E-state index < -0.39 is 0 Å². The first kappa shape index (κ1) is 16.4. The highest BCUT2D eigenvalue weighted by Gasteiger charge is 2.26. The van der Waals surface area contributed by atoms with E-state index in [1.54, 1.807) is 19.2 Å². The Morgan fingerprint density at radius 2 is 2.42 bits per heavy atom. The highest BCUT2D eigenvalue weighted by Crippen LogP contribution is 2.22. The molecule has 0 saturated carbocycles. The fraction of sp³-hybridized carbons (Fsp3) is 0.500. The Labute approximate surface area is 140 Å². The third-order valence-corrected chi connectivity index (χ3v) is 4.16. The molecule has 3 rings (SSSR count). The maximum atomic E-state index is 12.2. The van der Waals surface area contributed by atoms with Gasteiger partial charge in [0.1, 0.15) is 5.76 Å². The SMILES string of the molecule is Cc1cc(NC(=O)[C@H](C)NC[C@@H]2CCCN2c2cccnn2)no1. The largest absolute Gasteiger partial charge is 0.360 e. The Kier molecular flexibility index (Phi) is 5.05. The molecule has 2 atom stereocenters. The molecule has 1 saturated heterocycles. The number of anilines is 2. The van der Waals surface area contributed by atoms with Gasteiger partial charge in [-0.05, 0) is 38.8 Å².